The molecule has 2 aromatic rings. The number of aromatic nitrogens is 2. The SMILES string of the molecule is CC(C)Nc1nc2cc(Cl)c(C(F)(F)F)cc2n1[C@@H]1O[C@H](C)[C@@H](O)[C@H]1O. The highest BCUT2D eigenvalue weighted by Crippen LogP contribution is 2.40. The number of anilines is 1. The molecular weight excluding hydrogens is 375 g/mol. The number of alkyl halides is 3. The molecule has 144 valence electrons. The number of rotatable bonds is 3. The van der Waals surface area contributed by atoms with Crippen LogP contribution >= 0.6 is 11.6 Å². The number of fused-ring (bicyclic) bond motifs is 1. The second-order valence-corrected chi connectivity index (χ2v) is 7.04. The Hall–Kier alpha value is -1.55. The molecule has 1 fully saturated rings. The summed E-state index contributed by atoms with van der Waals surface area (Å²) in [4.78, 5) is 4.29. The molecular formula is C16H19ClF3N3O3. The Labute approximate surface area is 152 Å². The average molecular weight is 394 g/mol. The number of ether oxygens (including phenoxy) is 1. The van der Waals surface area contributed by atoms with Crippen LogP contribution in [-0.2, 0) is 10.9 Å². The molecule has 0 radical (unpaired) electrons. The van der Waals surface area contributed by atoms with E-state index < -0.39 is 41.3 Å². The Morgan fingerprint density at radius 3 is 2.42 bits per heavy atom. The van der Waals surface area contributed by atoms with Crippen LogP contribution in [-0.4, -0.2) is 44.1 Å². The first-order valence-corrected chi connectivity index (χ1v) is 8.45. The van der Waals surface area contributed by atoms with Crippen molar-refractivity contribution < 1.29 is 28.1 Å². The van der Waals surface area contributed by atoms with Crippen LogP contribution in [0.2, 0.25) is 5.02 Å². The first-order chi connectivity index (χ1) is 12.0. The van der Waals surface area contributed by atoms with Gasteiger partial charge in [-0.25, -0.2) is 4.98 Å². The Kier molecular flexibility index (Phi) is 4.85. The van der Waals surface area contributed by atoms with E-state index in [-0.39, 0.29) is 23.0 Å². The van der Waals surface area contributed by atoms with Gasteiger partial charge < -0.3 is 20.3 Å². The summed E-state index contributed by atoms with van der Waals surface area (Å²) in [5.41, 5.74) is -0.698. The number of benzene rings is 1. The minimum atomic E-state index is -4.64. The molecule has 0 unspecified atom stereocenters. The topological polar surface area (TPSA) is 79.5 Å². The van der Waals surface area contributed by atoms with Crippen molar-refractivity contribution in [2.45, 2.75) is 57.5 Å². The Morgan fingerprint density at radius 2 is 1.92 bits per heavy atom. The van der Waals surface area contributed by atoms with Crippen LogP contribution in [0.15, 0.2) is 12.1 Å². The van der Waals surface area contributed by atoms with Gasteiger partial charge in [-0.3, -0.25) is 4.57 Å². The number of hydrogen-bond donors (Lipinski definition) is 3. The summed E-state index contributed by atoms with van der Waals surface area (Å²) in [6, 6.07) is 1.92. The van der Waals surface area contributed by atoms with Crippen LogP contribution in [0, 0.1) is 0 Å². The summed E-state index contributed by atoms with van der Waals surface area (Å²) in [7, 11) is 0. The molecule has 0 spiro atoms. The predicted octanol–water partition coefficient (Wildman–Crippen LogP) is 3.17. The largest absolute Gasteiger partial charge is 0.417 e. The lowest BCUT2D eigenvalue weighted by atomic mass is 10.1. The lowest BCUT2D eigenvalue weighted by Crippen LogP contribution is -2.31. The van der Waals surface area contributed by atoms with Crippen molar-refractivity contribution in [2.24, 2.45) is 0 Å². The molecule has 3 rings (SSSR count). The summed E-state index contributed by atoms with van der Waals surface area (Å²) in [5, 5.41) is 22.8. The summed E-state index contributed by atoms with van der Waals surface area (Å²) in [5.74, 6) is 0.218. The highest BCUT2D eigenvalue weighted by atomic mass is 35.5. The van der Waals surface area contributed by atoms with Gasteiger partial charge in [0.1, 0.15) is 12.2 Å². The van der Waals surface area contributed by atoms with Gasteiger partial charge in [-0.05, 0) is 32.9 Å². The molecule has 1 aliphatic rings. The monoisotopic (exact) mass is 393 g/mol. The summed E-state index contributed by atoms with van der Waals surface area (Å²) >= 11 is 5.78. The normalized spacial score (nSPS) is 26.8. The van der Waals surface area contributed by atoms with Crippen molar-refractivity contribution in [2.75, 3.05) is 5.32 Å². The molecule has 1 saturated heterocycles. The summed E-state index contributed by atoms with van der Waals surface area (Å²) in [6.07, 6.45) is -8.91. The number of halogens is 4. The minimum Gasteiger partial charge on any atom is -0.388 e. The minimum absolute atomic E-state index is 0.0796. The lowest BCUT2D eigenvalue weighted by Gasteiger charge is -2.21. The first kappa shape index (κ1) is 19.2. The van der Waals surface area contributed by atoms with Gasteiger partial charge >= 0.3 is 6.18 Å². The fraction of sp³-hybridized carbons (Fsp3) is 0.562. The van der Waals surface area contributed by atoms with Crippen LogP contribution < -0.4 is 5.32 Å². The molecule has 0 amide bonds. The maximum Gasteiger partial charge on any atom is 0.417 e. The fourth-order valence-electron chi connectivity index (χ4n) is 2.99. The van der Waals surface area contributed by atoms with Crippen molar-refractivity contribution in [3.8, 4) is 0 Å². The van der Waals surface area contributed by atoms with Crippen LogP contribution in [0.5, 0.6) is 0 Å². The van der Waals surface area contributed by atoms with E-state index >= 15 is 0 Å². The van der Waals surface area contributed by atoms with Gasteiger partial charge in [0.15, 0.2) is 6.23 Å². The first-order valence-electron chi connectivity index (χ1n) is 8.07. The Balaban J connectivity index is 2.23. The average Bonchev–Trinajstić information content (AvgIpc) is 2.96. The number of nitrogens with one attached hydrogen (secondary N) is 1. The maximum absolute atomic E-state index is 13.3. The zero-order valence-corrected chi connectivity index (χ0v) is 15.0. The van der Waals surface area contributed by atoms with Gasteiger partial charge in [-0.1, -0.05) is 11.6 Å². The second kappa shape index (κ2) is 6.56. The molecule has 3 N–H and O–H groups in total. The molecule has 0 saturated carbocycles. The molecule has 26 heavy (non-hydrogen) atoms. The van der Waals surface area contributed by atoms with E-state index in [1.54, 1.807) is 6.92 Å². The highest BCUT2D eigenvalue weighted by molar-refractivity contribution is 6.32. The number of aliphatic hydroxyl groups excluding tert-OH is 2. The van der Waals surface area contributed by atoms with Crippen molar-refractivity contribution in [1.82, 2.24) is 9.55 Å². The van der Waals surface area contributed by atoms with E-state index in [0.29, 0.717) is 0 Å². The van der Waals surface area contributed by atoms with Gasteiger partial charge in [0, 0.05) is 6.04 Å². The van der Waals surface area contributed by atoms with E-state index in [1.807, 2.05) is 13.8 Å². The molecule has 10 heteroatoms. The predicted molar refractivity (Wildman–Crippen MR) is 90.1 cm³/mol. The van der Waals surface area contributed by atoms with Crippen molar-refractivity contribution in [3.63, 3.8) is 0 Å². The van der Waals surface area contributed by atoms with Crippen molar-refractivity contribution >= 4 is 28.6 Å². The molecule has 1 aromatic heterocycles. The summed E-state index contributed by atoms with van der Waals surface area (Å²) in [6.45, 7) is 5.24. The molecule has 6 nitrogen and oxygen atoms in total. The van der Waals surface area contributed by atoms with Gasteiger partial charge in [0.25, 0.3) is 0 Å². The number of nitrogens with zero attached hydrogens (tertiary/aromatic N) is 2. The molecule has 1 aromatic carbocycles. The van der Waals surface area contributed by atoms with E-state index in [2.05, 4.69) is 10.3 Å². The van der Waals surface area contributed by atoms with Crippen molar-refractivity contribution in [1.29, 1.82) is 0 Å². The van der Waals surface area contributed by atoms with Crippen LogP contribution in [0.3, 0.4) is 0 Å². The highest BCUT2D eigenvalue weighted by Gasteiger charge is 2.43. The second-order valence-electron chi connectivity index (χ2n) is 6.64. The van der Waals surface area contributed by atoms with Gasteiger partial charge in [0.05, 0.1) is 27.7 Å². The molecule has 2 heterocycles. The molecule has 1 aliphatic heterocycles. The zero-order valence-electron chi connectivity index (χ0n) is 14.3. The van der Waals surface area contributed by atoms with Crippen molar-refractivity contribution in [3.05, 3.63) is 22.7 Å². The molecule has 0 bridgehead atoms. The third kappa shape index (κ3) is 3.24. The third-order valence-corrected chi connectivity index (χ3v) is 4.55. The van der Waals surface area contributed by atoms with Gasteiger partial charge in [0.2, 0.25) is 5.95 Å². The number of imidazole rings is 1. The quantitative estimate of drug-likeness (QED) is 0.746. The van der Waals surface area contributed by atoms with E-state index in [0.717, 1.165) is 12.1 Å². The number of aliphatic hydroxyl groups is 2. The lowest BCUT2D eigenvalue weighted by molar-refractivity contribution is -0.137. The molecule has 0 aliphatic carbocycles. The van der Waals surface area contributed by atoms with Gasteiger partial charge in [-0.2, -0.15) is 13.2 Å². The standard InChI is InChI=1S/C16H19ClF3N3O3/c1-6(2)21-15-22-10-5-9(17)8(16(18,19)20)4-11(10)23(15)14-13(25)12(24)7(3)26-14/h4-7,12-14,24-25H,1-3H3,(H,21,22)/t7-,12-,13-,14-/m1/s1. The number of hydrogen-bond acceptors (Lipinski definition) is 5. The molecule has 4 atom stereocenters. The fourth-order valence-corrected chi connectivity index (χ4v) is 3.26. The van der Waals surface area contributed by atoms with E-state index in [9.17, 15) is 23.4 Å². The summed E-state index contributed by atoms with van der Waals surface area (Å²) < 4.78 is 46.7. The third-order valence-electron chi connectivity index (χ3n) is 4.23. The van der Waals surface area contributed by atoms with Crippen LogP contribution in [0.1, 0.15) is 32.6 Å². The maximum atomic E-state index is 13.3. The van der Waals surface area contributed by atoms with E-state index in [4.69, 9.17) is 16.3 Å². The van der Waals surface area contributed by atoms with E-state index in [1.165, 1.54) is 4.57 Å². The Morgan fingerprint density at radius 1 is 1.27 bits per heavy atom. The smallest absolute Gasteiger partial charge is 0.388 e. The zero-order chi connectivity index (χ0) is 19.4. The van der Waals surface area contributed by atoms with Crippen LogP contribution in [0.4, 0.5) is 19.1 Å². The Bertz CT molecular complexity index is 824. The van der Waals surface area contributed by atoms with Gasteiger partial charge in [-0.15, -0.1) is 0 Å². The van der Waals surface area contributed by atoms with Crippen LogP contribution in [0.25, 0.3) is 11.0 Å².